The molecule has 1 saturated carbocycles. The maximum absolute atomic E-state index is 12.4. The van der Waals surface area contributed by atoms with Gasteiger partial charge in [-0.15, -0.1) is 0 Å². The first-order valence-electron chi connectivity index (χ1n) is 8.02. The lowest BCUT2D eigenvalue weighted by Crippen LogP contribution is -2.26. The van der Waals surface area contributed by atoms with Gasteiger partial charge in [-0.3, -0.25) is 4.79 Å². The molecule has 2 aromatic carbocycles. The molecule has 3 rings (SSSR count). The van der Waals surface area contributed by atoms with E-state index in [0.717, 1.165) is 18.4 Å². The highest BCUT2D eigenvalue weighted by atomic mass is 32.2. The first kappa shape index (κ1) is 17.4. The Morgan fingerprint density at radius 3 is 2.44 bits per heavy atom. The van der Waals surface area contributed by atoms with Gasteiger partial charge in [-0.05, 0) is 43.2 Å². The molecular formula is C18H20N2O4S. The normalized spacial score (nSPS) is 14.1. The summed E-state index contributed by atoms with van der Waals surface area (Å²) in [5.41, 5.74) is 1.20. The van der Waals surface area contributed by atoms with E-state index in [1.54, 1.807) is 19.2 Å². The van der Waals surface area contributed by atoms with E-state index in [2.05, 4.69) is 10.0 Å². The summed E-state index contributed by atoms with van der Waals surface area (Å²) in [6.45, 7) is 0.121. The Bertz CT molecular complexity index is 859. The van der Waals surface area contributed by atoms with Crippen molar-refractivity contribution in [2.45, 2.75) is 30.3 Å². The summed E-state index contributed by atoms with van der Waals surface area (Å²) in [6.07, 6.45) is 2.01. The Kier molecular flexibility index (Phi) is 5.06. The van der Waals surface area contributed by atoms with Crippen LogP contribution in [0.1, 0.15) is 28.8 Å². The average Bonchev–Trinajstić information content (AvgIpc) is 3.44. The summed E-state index contributed by atoms with van der Waals surface area (Å²) in [4.78, 5) is 12.1. The minimum atomic E-state index is -3.67. The van der Waals surface area contributed by atoms with Crippen LogP contribution in [0, 0.1) is 0 Å². The lowest BCUT2D eigenvalue weighted by molar-refractivity contribution is 0.0951. The number of para-hydroxylation sites is 1. The molecule has 0 bridgehead atoms. The van der Waals surface area contributed by atoms with E-state index in [-0.39, 0.29) is 23.4 Å². The van der Waals surface area contributed by atoms with Gasteiger partial charge in [0.2, 0.25) is 10.0 Å². The highest BCUT2D eigenvalue weighted by molar-refractivity contribution is 7.89. The SMILES string of the molecule is COc1ccccc1CNS(=O)(=O)c1ccc(C(=O)NC2CC2)cc1. The molecule has 0 spiro atoms. The minimum Gasteiger partial charge on any atom is -0.496 e. The second kappa shape index (κ2) is 7.25. The number of nitrogens with one attached hydrogen (secondary N) is 2. The molecule has 0 aliphatic heterocycles. The van der Waals surface area contributed by atoms with Crippen molar-refractivity contribution in [3.63, 3.8) is 0 Å². The monoisotopic (exact) mass is 360 g/mol. The smallest absolute Gasteiger partial charge is 0.251 e. The molecule has 1 aliphatic rings. The predicted octanol–water partition coefficient (Wildman–Crippen LogP) is 2.07. The molecule has 0 atom stereocenters. The van der Waals surface area contributed by atoms with E-state index in [0.29, 0.717) is 11.3 Å². The Morgan fingerprint density at radius 2 is 1.80 bits per heavy atom. The summed E-state index contributed by atoms with van der Waals surface area (Å²) >= 11 is 0. The molecule has 7 heteroatoms. The number of sulfonamides is 1. The summed E-state index contributed by atoms with van der Waals surface area (Å²) in [7, 11) is -2.13. The first-order chi connectivity index (χ1) is 12.0. The van der Waals surface area contributed by atoms with Crippen LogP contribution in [0.5, 0.6) is 5.75 Å². The van der Waals surface area contributed by atoms with Gasteiger partial charge in [0.05, 0.1) is 12.0 Å². The van der Waals surface area contributed by atoms with Crippen LogP contribution >= 0.6 is 0 Å². The highest BCUT2D eigenvalue weighted by Crippen LogP contribution is 2.20. The molecule has 0 radical (unpaired) electrons. The van der Waals surface area contributed by atoms with E-state index in [4.69, 9.17) is 4.74 Å². The van der Waals surface area contributed by atoms with Gasteiger partial charge in [-0.25, -0.2) is 13.1 Å². The molecule has 1 fully saturated rings. The summed E-state index contributed by atoms with van der Waals surface area (Å²) in [5.74, 6) is 0.450. The van der Waals surface area contributed by atoms with Gasteiger partial charge < -0.3 is 10.1 Å². The molecule has 2 aromatic rings. The van der Waals surface area contributed by atoms with Gasteiger partial charge in [0.15, 0.2) is 0 Å². The molecule has 0 unspecified atom stereocenters. The summed E-state index contributed by atoms with van der Waals surface area (Å²) in [5, 5.41) is 2.87. The largest absolute Gasteiger partial charge is 0.496 e. The Hall–Kier alpha value is -2.38. The van der Waals surface area contributed by atoms with Crippen molar-refractivity contribution in [1.29, 1.82) is 0 Å². The van der Waals surface area contributed by atoms with Gasteiger partial charge in [0.1, 0.15) is 5.75 Å². The zero-order valence-electron chi connectivity index (χ0n) is 13.9. The fourth-order valence-corrected chi connectivity index (χ4v) is 3.39. The van der Waals surface area contributed by atoms with Gasteiger partial charge in [-0.1, -0.05) is 18.2 Å². The number of hydrogen-bond donors (Lipinski definition) is 2. The zero-order chi connectivity index (χ0) is 17.9. The van der Waals surface area contributed by atoms with Crippen LogP contribution in [0.3, 0.4) is 0 Å². The van der Waals surface area contributed by atoms with E-state index < -0.39 is 10.0 Å². The van der Waals surface area contributed by atoms with Crippen LogP contribution in [0.15, 0.2) is 53.4 Å². The lowest BCUT2D eigenvalue weighted by atomic mass is 10.2. The summed E-state index contributed by atoms with van der Waals surface area (Å²) < 4.78 is 32.6. The highest BCUT2D eigenvalue weighted by Gasteiger charge is 2.24. The second-order valence-electron chi connectivity index (χ2n) is 5.91. The number of benzene rings is 2. The number of carbonyl (C=O) groups excluding carboxylic acids is 1. The average molecular weight is 360 g/mol. The van der Waals surface area contributed by atoms with Crippen LogP contribution in [-0.2, 0) is 16.6 Å². The van der Waals surface area contributed by atoms with E-state index in [9.17, 15) is 13.2 Å². The number of carbonyl (C=O) groups is 1. The standard InChI is InChI=1S/C18H20N2O4S/c1-24-17-5-3-2-4-14(17)12-19-25(22,23)16-10-6-13(7-11-16)18(21)20-15-8-9-15/h2-7,10-11,15,19H,8-9,12H2,1H3,(H,20,21). The molecule has 2 N–H and O–H groups in total. The van der Waals surface area contributed by atoms with Crippen molar-refractivity contribution in [1.82, 2.24) is 10.0 Å². The fourth-order valence-electron chi connectivity index (χ4n) is 2.39. The lowest BCUT2D eigenvalue weighted by Gasteiger charge is -2.10. The quantitative estimate of drug-likeness (QED) is 0.792. The number of methoxy groups -OCH3 is 1. The van der Waals surface area contributed by atoms with Gasteiger partial charge in [0.25, 0.3) is 5.91 Å². The Morgan fingerprint density at radius 1 is 1.12 bits per heavy atom. The Labute approximate surface area is 147 Å². The molecule has 0 heterocycles. The number of ether oxygens (including phenoxy) is 1. The number of amides is 1. The van der Waals surface area contributed by atoms with Crippen LogP contribution in [0.2, 0.25) is 0 Å². The zero-order valence-corrected chi connectivity index (χ0v) is 14.7. The van der Waals surface area contributed by atoms with Gasteiger partial charge in [0, 0.05) is 23.7 Å². The van der Waals surface area contributed by atoms with Gasteiger partial charge in [-0.2, -0.15) is 0 Å². The number of rotatable bonds is 7. The molecule has 25 heavy (non-hydrogen) atoms. The minimum absolute atomic E-state index is 0.116. The van der Waals surface area contributed by atoms with Crippen molar-refractivity contribution >= 4 is 15.9 Å². The Balaban J connectivity index is 1.68. The summed E-state index contributed by atoms with van der Waals surface area (Å²) in [6, 6.07) is 13.4. The van der Waals surface area contributed by atoms with Crippen LogP contribution in [0.25, 0.3) is 0 Å². The third-order valence-corrected chi connectivity index (χ3v) is 5.40. The van der Waals surface area contributed by atoms with E-state index in [1.165, 1.54) is 24.3 Å². The van der Waals surface area contributed by atoms with Crippen LogP contribution in [0.4, 0.5) is 0 Å². The molecule has 6 nitrogen and oxygen atoms in total. The molecular weight excluding hydrogens is 340 g/mol. The number of hydrogen-bond acceptors (Lipinski definition) is 4. The van der Waals surface area contributed by atoms with Crippen molar-refractivity contribution in [3.05, 3.63) is 59.7 Å². The maximum atomic E-state index is 12.4. The molecule has 132 valence electrons. The van der Waals surface area contributed by atoms with Crippen molar-refractivity contribution in [3.8, 4) is 5.75 Å². The van der Waals surface area contributed by atoms with Crippen LogP contribution < -0.4 is 14.8 Å². The third-order valence-electron chi connectivity index (χ3n) is 3.98. The maximum Gasteiger partial charge on any atom is 0.251 e. The van der Waals surface area contributed by atoms with E-state index >= 15 is 0 Å². The van der Waals surface area contributed by atoms with Crippen LogP contribution in [-0.4, -0.2) is 27.5 Å². The predicted molar refractivity (Wildman–Crippen MR) is 93.9 cm³/mol. The van der Waals surface area contributed by atoms with Gasteiger partial charge >= 0.3 is 0 Å². The molecule has 0 aromatic heterocycles. The second-order valence-corrected chi connectivity index (χ2v) is 7.68. The topological polar surface area (TPSA) is 84.5 Å². The third kappa shape index (κ3) is 4.37. The van der Waals surface area contributed by atoms with Crippen molar-refractivity contribution in [2.24, 2.45) is 0 Å². The fraction of sp³-hybridized carbons (Fsp3) is 0.278. The molecule has 0 saturated heterocycles. The van der Waals surface area contributed by atoms with Crippen molar-refractivity contribution < 1.29 is 17.9 Å². The van der Waals surface area contributed by atoms with Crippen molar-refractivity contribution in [2.75, 3.05) is 7.11 Å². The van der Waals surface area contributed by atoms with E-state index in [1.807, 2.05) is 12.1 Å². The first-order valence-corrected chi connectivity index (χ1v) is 9.50. The molecule has 1 aliphatic carbocycles. The molecule has 1 amide bonds.